The molecule has 0 amide bonds. The molecule has 0 aliphatic carbocycles. The zero-order chi connectivity index (χ0) is 19.8. The highest BCUT2D eigenvalue weighted by atomic mass is 35.5. The number of aromatic nitrogens is 4. The SMILES string of the molecule is CCOc1nc2c(-c3cc(F)c(Cl)c(F)c3)c(C3CCCCO3)nn2c(=O)[nH]1. The summed E-state index contributed by atoms with van der Waals surface area (Å²) in [5.41, 5.74) is 0.421. The van der Waals surface area contributed by atoms with Gasteiger partial charge in [0.05, 0.1) is 12.2 Å². The fourth-order valence-corrected chi connectivity index (χ4v) is 3.41. The molecule has 0 spiro atoms. The molecule has 1 aromatic carbocycles. The molecule has 7 nitrogen and oxygen atoms in total. The molecular formula is C18H17ClF2N4O3. The first kappa shape index (κ1) is 18.8. The average molecular weight is 411 g/mol. The molecule has 0 bridgehead atoms. The zero-order valence-electron chi connectivity index (χ0n) is 15.0. The minimum absolute atomic E-state index is 0.00725. The molecule has 3 aromatic rings. The molecule has 1 aliphatic rings. The van der Waals surface area contributed by atoms with Crippen LogP contribution in [-0.4, -0.2) is 32.8 Å². The van der Waals surface area contributed by atoms with Crippen LogP contribution in [0.3, 0.4) is 0 Å². The van der Waals surface area contributed by atoms with Crippen LogP contribution in [0.2, 0.25) is 5.02 Å². The van der Waals surface area contributed by atoms with Crippen molar-refractivity contribution in [1.29, 1.82) is 0 Å². The maximum Gasteiger partial charge on any atom is 0.352 e. The van der Waals surface area contributed by atoms with Gasteiger partial charge in [0, 0.05) is 6.61 Å². The molecule has 1 unspecified atom stereocenters. The number of halogens is 3. The summed E-state index contributed by atoms with van der Waals surface area (Å²) in [5.74, 6) is -1.83. The Morgan fingerprint density at radius 3 is 2.75 bits per heavy atom. The molecule has 1 atom stereocenters. The van der Waals surface area contributed by atoms with Crippen molar-refractivity contribution in [3.05, 3.63) is 45.0 Å². The van der Waals surface area contributed by atoms with Gasteiger partial charge < -0.3 is 9.47 Å². The standard InChI is InChI=1S/C18H17ClF2N4O3/c1-2-27-17-22-16-13(9-7-10(20)14(19)11(21)8-9)15(12-5-3-4-6-28-12)24-25(16)18(26)23-17/h7-8,12H,2-6H2,1H3,(H,22,23,26). The minimum atomic E-state index is -0.915. The largest absolute Gasteiger partial charge is 0.465 e. The van der Waals surface area contributed by atoms with Gasteiger partial charge in [0.2, 0.25) is 0 Å². The Hall–Kier alpha value is -2.52. The number of hydrogen-bond acceptors (Lipinski definition) is 5. The Labute approximate surface area is 163 Å². The molecule has 1 fully saturated rings. The molecule has 0 radical (unpaired) electrons. The van der Waals surface area contributed by atoms with Crippen molar-refractivity contribution in [2.75, 3.05) is 13.2 Å². The van der Waals surface area contributed by atoms with Gasteiger partial charge in [-0.05, 0) is 43.9 Å². The van der Waals surface area contributed by atoms with E-state index in [0.717, 1.165) is 29.5 Å². The third kappa shape index (κ3) is 3.24. The Balaban J connectivity index is 2.01. The summed E-state index contributed by atoms with van der Waals surface area (Å²) in [6.07, 6.45) is 2.08. The van der Waals surface area contributed by atoms with Crippen molar-refractivity contribution in [2.24, 2.45) is 0 Å². The van der Waals surface area contributed by atoms with E-state index in [4.69, 9.17) is 21.1 Å². The van der Waals surface area contributed by atoms with Crippen LogP contribution >= 0.6 is 11.6 Å². The summed E-state index contributed by atoms with van der Waals surface area (Å²) in [7, 11) is 0. The van der Waals surface area contributed by atoms with Crippen molar-refractivity contribution in [3.63, 3.8) is 0 Å². The van der Waals surface area contributed by atoms with Crippen molar-refractivity contribution in [3.8, 4) is 17.1 Å². The van der Waals surface area contributed by atoms with Crippen LogP contribution in [0.4, 0.5) is 8.78 Å². The normalized spacial score (nSPS) is 17.2. The van der Waals surface area contributed by atoms with Gasteiger partial charge in [0.15, 0.2) is 5.65 Å². The molecule has 0 saturated carbocycles. The lowest BCUT2D eigenvalue weighted by Crippen LogP contribution is -2.20. The van der Waals surface area contributed by atoms with Crippen molar-refractivity contribution < 1.29 is 18.3 Å². The first-order valence-electron chi connectivity index (χ1n) is 8.92. The van der Waals surface area contributed by atoms with Crippen molar-refractivity contribution in [2.45, 2.75) is 32.3 Å². The molecule has 1 N–H and O–H groups in total. The Morgan fingerprint density at radius 1 is 1.36 bits per heavy atom. The number of hydrogen-bond donors (Lipinski definition) is 1. The maximum absolute atomic E-state index is 14.1. The molecule has 10 heteroatoms. The third-order valence-electron chi connectivity index (χ3n) is 4.54. The van der Waals surface area contributed by atoms with E-state index in [-0.39, 0.29) is 23.8 Å². The van der Waals surface area contributed by atoms with Crippen LogP contribution in [-0.2, 0) is 4.74 Å². The van der Waals surface area contributed by atoms with Crippen LogP contribution in [0.25, 0.3) is 16.8 Å². The van der Waals surface area contributed by atoms with Crippen LogP contribution in [0, 0.1) is 11.6 Å². The first-order chi connectivity index (χ1) is 13.5. The van der Waals surface area contributed by atoms with Gasteiger partial charge in [0.1, 0.15) is 28.5 Å². The average Bonchev–Trinajstić information content (AvgIpc) is 3.07. The number of benzene rings is 1. The number of H-pyrrole nitrogens is 1. The second kappa shape index (κ2) is 7.48. The van der Waals surface area contributed by atoms with Gasteiger partial charge >= 0.3 is 5.69 Å². The van der Waals surface area contributed by atoms with E-state index >= 15 is 0 Å². The van der Waals surface area contributed by atoms with Gasteiger partial charge in [-0.25, -0.2) is 13.6 Å². The second-order valence-corrected chi connectivity index (χ2v) is 6.76. The maximum atomic E-state index is 14.1. The summed E-state index contributed by atoms with van der Waals surface area (Å²) in [6, 6.07) is 2.18. The number of aromatic amines is 1. The Morgan fingerprint density at radius 2 is 2.11 bits per heavy atom. The molecule has 28 heavy (non-hydrogen) atoms. The lowest BCUT2D eigenvalue weighted by atomic mass is 9.98. The highest BCUT2D eigenvalue weighted by Gasteiger charge is 2.28. The van der Waals surface area contributed by atoms with Gasteiger partial charge in [0.25, 0.3) is 6.01 Å². The van der Waals surface area contributed by atoms with E-state index in [1.165, 1.54) is 0 Å². The summed E-state index contributed by atoms with van der Waals surface area (Å²) in [4.78, 5) is 19.2. The molecule has 2 aromatic heterocycles. The van der Waals surface area contributed by atoms with E-state index in [1.807, 2.05) is 0 Å². The molecule has 1 saturated heterocycles. The highest BCUT2D eigenvalue weighted by Crippen LogP contribution is 2.38. The Kier molecular flexibility index (Phi) is 5.03. The molecule has 3 heterocycles. The number of ether oxygens (including phenoxy) is 2. The van der Waals surface area contributed by atoms with E-state index < -0.39 is 28.5 Å². The topological polar surface area (TPSA) is 81.5 Å². The van der Waals surface area contributed by atoms with E-state index in [9.17, 15) is 13.6 Å². The summed E-state index contributed by atoms with van der Waals surface area (Å²) in [6.45, 7) is 2.56. The number of nitrogens with zero attached hydrogens (tertiary/aromatic N) is 3. The van der Waals surface area contributed by atoms with Crippen molar-refractivity contribution >= 4 is 17.2 Å². The first-order valence-corrected chi connectivity index (χ1v) is 9.29. The van der Waals surface area contributed by atoms with Crippen LogP contribution in [0.1, 0.15) is 38.0 Å². The van der Waals surface area contributed by atoms with Gasteiger partial charge in [-0.3, -0.25) is 4.98 Å². The van der Waals surface area contributed by atoms with Gasteiger partial charge in [-0.2, -0.15) is 14.6 Å². The predicted octanol–water partition coefficient (Wildman–Crippen LogP) is 3.66. The summed E-state index contributed by atoms with van der Waals surface area (Å²) >= 11 is 5.62. The smallest absolute Gasteiger partial charge is 0.352 e. The molecule has 1 aliphatic heterocycles. The van der Waals surface area contributed by atoms with E-state index in [2.05, 4.69) is 15.1 Å². The van der Waals surface area contributed by atoms with Gasteiger partial charge in [-0.1, -0.05) is 11.6 Å². The van der Waals surface area contributed by atoms with Gasteiger partial charge in [-0.15, -0.1) is 0 Å². The second-order valence-electron chi connectivity index (χ2n) is 6.38. The van der Waals surface area contributed by atoms with Crippen LogP contribution in [0.5, 0.6) is 6.01 Å². The third-order valence-corrected chi connectivity index (χ3v) is 4.90. The monoisotopic (exact) mass is 410 g/mol. The summed E-state index contributed by atoms with van der Waals surface area (Å²) < 4.78 is 40.4. The molecule has 148 valence electrons. The van der Waals surface area contributed by atoms with Crippen molar-refractivity contribution in [1.82, 2.24) is 19.6 Å². The fraction of sp³-hybridized carbons (Fsp3) is 0.389. The number of nitrogens with one attached hydrogen (secondary N) is 1. The molecule has 4 rings (SSSR count). The highest BCUT2D eigenvalue weighted by molar-refractivity contribution is 6.31. The number of rotatable bonds is 4. The lowest BCUT2D eigenvalue weighted by molar-refractivity contribution is 0.0125. The molecular weight excluding hydrogens is 394 g/mol. The van der Waals surface area contributed by atoms with E-state index in [1.54, 1.807) is 6.92 Å². The fourth-order valence-electron chi connectivity index (χ4n) is 3.30. The number of fused-ring (bicyclic) bond motifs is 1. The predicted molar refractivity (Wildman–Crippen MR) is 97.7 cm³/mol. The van der Waals surface area contributed by atoms with Crippen LogP contribution < -0.4 is 10.4 Å². The van der Waals surface area contributed by atoms with E-state index in [0.29, 0.717) is 24.3 Å². The lowest BCUT2D eigenvalue weighted by Gasteiger charge is -2.21. The quantitative estimate of drug-likeness (QED) is 0.664. The zero-order valence-corrected chi connectivity index (χ0v) is 15.7. The van der Waals surface area contributed by atoms with Crippen LogP contribution in [0.15, 0.2) is 16.9 Å². The Bertz CT molecular complexity index is 1070. The summed E-state index contributed by atoms with van der Waals surface area (Å²) in [5, 5.41) is 3.75. The minimum Gasteiger partial charge on any atom is -0.465 e.